The Morgan fingerprint density at radius 2 is 1.46 bits per heavy atom. The van der Waals surface area contributed by atoms with Crippen LogP contribution in [0, 0.1) is 0 Å². The molecule has 2 N–H and O–H groups in total. The minimum Gasteiger partial charge on any atom is -0.478 e. The summed E-state index contributed by atoms with van der Waals surface area (Å²) in [4.78, 5) is 11.1. The third kappa shape index (κ3) is 4.91. The van der Waals surface area contributed by atoms with Crippen molar-refractivity contribution in [1.82, 2.24) is 9.62 Å². The van der Waals surface area contributed by atoms with E-state index in [1.807, 2.05) is 13.8 Å². The lowest BCUT2D eigenvalue weighted by Gasteiger charge is -2.21. The molecule has 0 saturated carbocycles. The SMILES string of the molecule is CC(C)N(C)S(=O)(=O)c1ccc(CNCc2ccc(C(=O)O)cc2)cc1. The fourth-order valence-corrected chi connectivity index (χ4v) is 3.71. The van der Waals surface area contributed by atoms with Gasteiger partial charge in [-0.2, -0.15) is 4.31 Å². The summed E-state index contributed by atoms with van der Waals surface area (Å²) in [5.74, 6) is -0.942. The van der Waals surface area contributed by atoms with E-state index in [1.54, 1.807) is 55.6 Å². The summed E-state index contributed by atoms with van der Waals surface area (Å²) in [6.45, 7) is 4.84. The van der Waals surface area contributed by atoms with Crippen molar-refractivity contribution >= 4 is 16.0 Å². The van der Waals surface area contributed by atoms with Crippen molar-refractivity contribution < 1.29 is 18.3 Å². The average Bonchev–Trinajstić information content (AvgIpc) is 2.61. The summed E-state index contributed by atoms with van der Waals surface area (Å²) in [6.07, 6.45) is 0. The van der Waals surface area contributed by atoms with E-state index < -0.39 is 16.0 Å². The molecular formula is C19H24N2O4S. The highest BCUT2D eigenvalue weighted by molar-refractivity contribution is 7.89. The minimum atomic E-state index is -3.46. The third-order valence-electron chi connectivity index (χ3n) is 4.19. The molecule has 0 atom stereocenters. The van der Waals surface area contributed by atoms with E-state index in [4.69, 9.17) is 5.11 Å². The number of carboxylic acid groups (broad SMARTS) is 1. The largest absolute Gasteiger partial charge is 0.478 e. The van der Waals surface area contributed by atoms with E-state index in [2.05, 4.69) is 5.32 Å². The van der Waals surface area contributed by atoms with Crippen LogP contribution in [0.1, 0.15) is 35.3 Å². The second-order valence-electron chi connectivity index (χ2n) is 6.36. The van der Waals surface area contributed by atoms with Crippen molar-refractivity contribution in [2.24, 2.45) is 0 Å². The number of sulfonamides is 1. The Morgan fingerprint density at radius 1 is 1.00 bits per heavy atom. The number of carboxylic acids is 1. The summed E-state index contributed by atoms with van der Waals surface area (Å²) in [7, 11) is -1.89. The van der Waals surface area contributed by atoms with E-state index in [1.165, 1.54) is 4.31 Å². The van der Waals surface area contributed by atoms with Crippen LogP contribution in [-0.2, 0) is 23.1 Å². The summed E-state index contributed by atoms with van der Waals surface area (Å²) in [6, 6.07) is 13.4. The van der Waals surface area contributed by atoms with Crippen LogP contribution >= 0.6 is 0 Å². The van der Waals surface area contributed by atoms with Crippen LogP contribution in [0.25, 0.3) is 0 Å². The number of hydrogen-bond acceptors (Lipinski definition) is 4. The van der Waals surface area contributed by atoms with Crippen molar-refractivity contribution in [3.63, 3.8) is 0 Å². The van der Waals surface area contributed by atoms with E-state index in [-0.39, 0.29) is 16.5 Å². The van der Waals surface area contributed by atoms with Gasteiger partial charge in [-0.25, -0.2) is 13.2 Å². The smallest absolute Gasteiger partial charge is 0.335 e. The molecule has 0 radical (unpaired) electrons. The van der Waals surface area contributed by atoms with Gasteiger partial charge in [-0.15, -0.1) is 0 Å². The van der Waals surface area contributed by atoms with Gasteiger partial charge in [0.2, 0.25) is 10.0 Å². The molecule has 0 heterocycles. The van der Waals surface area contributed by atoms with E-state index >= 15 is 0 Å². The van der Waals surface area contributed by atoms with Crippen LogP contribution in [-0.4, -0.2) is 36.9 Å². The van der Waals surface area contributed by atoms with Crippen LogP contribution < -0.4 is 5.32 Å². The number of benzene rings is 2. The van der Waals surface area contributed by atoms with Gasteiger partial charge in [0, 0.05) is 26.2 Å². The van der Waals surface area contributed by atoms with Crippen molar-refractivity contribution in [3.05, 3.63) is 65.2 Å². The molecule has 0 aliphatic carbocycles. The molecule has 140 valence electrons. The normalized spacial score (nSPS) is 11.9. The van der Waals surface area contributed by atoms with Gasteiger partial charge >= 0.3 is 5.97 Å². The summed E-state index contributed by atoms with van der Waals surface area (Å²) in [5, 5.41) is 12.1. The topological polar surface area (TPSA) is 86.7 Å². The zero-order chi connectivity index (χ0) is 19.3. The summed E-state index contributed by atoms with van der Waals surface area (Å²) >= 11 is 0. The third-order valence-corrected chi connectivity index (χ3v) is 6.23. The maximum Gasteiger partial charge on any atom is 0.335 e. The maximum absolute atomic E-state index is 12.4. The quantitative estimate of drug-likeness (QED) is 0.740. The van der Waals surface area contributed by atoms with E-state index in [0.29, 0.717) is 13.1 Å². The highest BCUT2D eigenvalue weighted by Crippen LogP contribution is 2.17. The van der Waals surface area contributed by atoms with Gasteiger partial charge in [-0.3, -0.25) is 0 Å². The molecule has 0 fully saturated rings. The molecule has 0 amide bonds. The Hall–Kier alpha value is -2.22. The molecule has 2 aromatic carbocycles. The van der Waals surface area contributed by atoms with Gasteiger partial charge in [-0.05, 0) is 49.2 Å². The molecule has 0 aromatic heterocycles. The first kappa shape index (κ1) is 20.1. The number of nitrogens with zero attached hydrogens (tertiary/aromatic N) is 1. The van der Waals surface area contributed by atoms with Crippen molar-refractivity contribution in [2.75, 3.05) is 7.05 Å². The second kappa shape index (κ2) is 8.44. The summed E-state index contributed by atoms with van der Waals surface area (Å²) in [5.41, 5.74) is 2.21. The predicted molar refractivity (Wildman–Crippen MR) is 100 cm³/mol. The van der Waals surface area contributed by atoms with Crippen LogP contribution in [0.4, 0.5) is 0 Å². The number of hydrogen-bond donors (Lipinski definition) is 2. The molecule has 0 bridgehead atoms. The van der Waals surface area contributed by atoms with Gasteiger partial charge < -0.3 is 10.4 Å². The molecule has 2 aromatic rings. The highest BCUT2D eigenvalue weighted by Gasteiger charge is 2.22. The van der Waals surface area contributed by atoms with Crippen LogP contribution in [0.15, 0.2) is 53.4 Å². The van der Waals surface area contributed by atoms with Gasteiger partial charge in [0.25, 0.3) is 0 Å². The lowest BCUT2D eigenvalue weighted by molar-refractivity contribution is 0.0697. The molecule has 2 rings (SSSR count). The molecule has 26 heavy (non-hydrogen) atoms. The van der Waals surface area contributed by atoms with Crippen molar-refractivity contribution in [3.8, 4) is 0 Å². The fourth-order valence-electron chi connectivity index (χ4n) is 2.34. The molecule has 0 spiro atoms. The number of rotatable bonds is 8. The van der Waals surface area contributed by atoms with Gasteiger partial charge in [0.15, 0.2) is 0 Å². The lowest BCUT2D eigenvalue weighted by atomic mass is 10.1. The molecule has 0 saturated heterocycles. The molecule has 0 unspecified atom stereocenters. The Kier molecular flexibility index (Phi) is 6.52. The zero-order valence-electron chi connectivity index (χ0n) is 15.1. The highest BCUT2D eigenvalue weighted by atomic mass is 32.2. The van der Waals surface area contributed by atoms with E-state index in [9.17, 15) is 13.2 Å². The minimum absolute atomic E-state index is 0.103. The molecular weight excluding hydrogens is 352 g/mol. The van der Waals surface area contributed by atoms with Crippen molar-refractivity contribution in [2.45, 2.75) is 37.9 Å². The Labute approximate surface area is 154 Å². The second-order valence-corrected chi connectivity index (χ2v) is 8.36. The first-order chi connectivity index (χ1) is 12.2. The van der Waals surface area contributed by atoms with Crippen LogP contribution in [0.3, 0.4) is 0 Å². The van der Waals surface area contributed by atoms with Crippen LogP contribution in [0.5, 0.6) is 0 Å². The predicted octanol–water partition coefficient (Wildman–Crippen LogP) is 2.70. The number of aromatic carboxylic acids is 1. The number of carbonyl (C=O) groups is 1. The first-order valence-corrected chi connectivity index (χ1v) is 9.75. The monoisotopic (exact) mass is 376 g/mol. The Bertz CT molecular complexity index is 844. The van der Waals surface area contributed by atoms with E-state index in [0.717, 1.165) is 11.1 Å². The standard InChI is InChI=1S/C19H24N2O4S/c1-14(2)21(3)26(24,25)18-10-6-16(7-11-18)13-20-12-15-4-8-17(9-5-15)19(22)23/h4-11,14,20H,12-13H2,1-3H3,(H,22,23). The Balaban J connectivity index is 1.94. The average molecular weight is 376 g/mol. The van der Waals surface area contributed by atoms with Gasteiger partial charge in [0.05, 0.1) is 10.5 Å². The molecule has 0 aliphatic rings. The Morgan fingerprint density at radius 3 is 1.88 bits per heavy atom. The molecule has 6 nitrogen and oxygen atoms in total. The fraction of sp³-hybridized carbons (Fsp3) is 0.316. The first-order valence-electron chi connectivity index (χ1n) is 8.31. The number of nitrogens with one attached hydrogen (secondary N) is 1. The van der Waals surface area contributed by atoms with Gasteiger partial charge in [0.1, 0.15) is 0 Å². The van der Waals surface area contributed by atoms with Crippen molar-refractivity contribution in [1.29, 1.82) is 0 Å². The zero-order valence-corrected chi connectivity index (χ0v) is 16.0. The maximum atomic E-state index is 12.4. The molecule has 7 heteroatoms. The lowest BCUT2D eigenvalue weighted by Crippen LogP contribution is -2.33. The summed E-state index contributed by atoms with van der Waals surface area (Å²) < 4.78 is 26.2. The van der Waals surface area contributed by atoms with Crippen LogP contribution in [0.2, 0.25) is 0 Å². The molecule has 0 aliphatic heterocycles. The van der Waals surface area contributed by atoms with Gasteiger partial charge in [-0.1, -0.05) is 24.3 Å².